The van der Waals surface area contributed by atoms with Crippen LogP contribution >= 0.6 is 0 Å². The van der Waals surface area contributed by atoms with Crippen molar-refractivity contribution in [2.24, 2.45) is 0 Å². The number of hydrogen-bond acceptors (Lipinski definition) is 7. The molecular formula is C32H47NO7Si. The lowest BCUT2D eigenvalue weighted by Gasteiger charge is -2.38. The van der Waals surface area contributed by atoms with Crippen molar-refractivity contribution in [3.63, 3.8) is 0 Å². The molecule has 8 nitrogen and oxygen atoms in total. The summed E-state index contributed by atoms with van der Waals surface area (Å²) in [5, 5.41) is 2.44. The van der Waals surface area contributed by atoms with Gasteiger partial charge in [-0.25, -0.2) is 14.4 Å². The molecule has 0 saturated heterocycles. The molecule has 0 saturated carbocycles. The van der Waals surface area contributed by atoms with E-state index in [0.717, 1.165) is 11.1 Å². The summed E-state index contributed by atoms with van der Waals surface area (Å²) in [5.41, 5.74) is 0.583. The van der Waals surface area contributed by atoms with Crippen LogP contribution in [0.15, 0.2) is 54.6 Å². The van der Waals surface area contributed by atoms with Crippen LogP contribution in [0.5, 0.6) is 0 Å². The standard InChI is InChI=1S/C32H47NO7Si/c1-30(2,3)39-28(35)26(33-29(36)40-31(4,5)6)25(21-37-41(10,11)32(7,8)9)38-27(34)24-19-17-23(18-20-24)22-15-13-12-14-16-22/h12-20,25-26H,21H2,1-11H3,(H,33,36)/t25-,26-/m0/s1. The molecule has 2 rings (SSSR count). The molecule has 0 spiro atoms. The second kappa shape index (κ2) is 13.2. The number of hydrogen-bond donors (Lipinski definition) is 1. The summed E-state index contributed by atoms with van der Waals surface area (Å²) >= 11 is 0. The van der Waals surface area contributed by atoms with E-state index in [2.05, 4.69) is 39.2 Å². The van der Waals surface area contributed by atoms with Crippen molar-refractivity contribution in [2.45, 2.75) is 104 Å². The molecule has 0 bridgehead atoms. The molecule has 0 unspecified atom stereocenters. The number of alkyl carbamates (subject to hydrolysis) is 1. The summed E-state index contributed by atoms with van der Waals surface area (Å²) in [4.78, 5) is 39.6. The largest absolute Gasteiger partial charge is 0.458 e. The summed E-state index contributed by atoms with van der Waals surface area (Å²) < 4.78 is 23.3. The Morgan fingerprint density at radius 2 is 1.27 bits per heavy atom. The number of rotatable bonds is 9. The molecule has 0 heterocycles. The van der Waals surface area contributed by atoms with Gasteiger partial charge < -0.3 is 24.0 Å². The van der Waals surface area contributed by atoms with Gasteiger partial charge in [-0.15, -0.1) is 0 Å². The van der Waals surface area contributed by atoms with Crippen molar-refractivity contribution >= 4 is 26.3 Å². The lowest BCUT2D eigenvalue weighted by atomic mass is 10.0. The molecular weight excluding hydrogens is 538 g/mol. The van der Waals surface area contributed by atoms with E-state index >= 15 is 0 Å². The first-order valence-corrected chi connectivity index (χ1v) is 16.8. The third kappa shape index (κ3) is 11.0. The zero-order chi connectivity index (χ0) is 31.2. The van der Waals surface area contributed by atoms with Crippen molar-refractivity contribution in [1.29, 1.82) is 0 Å². The van der Waals surface area contributed by atoms with E-state index in [4.69, 9.17) is 18.6 Å². The molecule has 41 heavy (non-hydrogen) atoms. The normalized spacial score (nSPS) is 14.0. The lowest BCUT2D eigenvalue weighted by molar-refractivity contribution is -0.161. The van der Waals surface area contributed by atoms with Crippen molar-refractivity contribution < 1.29 is 33.0 Å². The predicted octanol–water partition coefficient (Wildman–Crippen LogP) is 7.14. The molecule has 0 aromatic heterocycles. The fourth-order valence-electron chi connectivity index (χ4n) is 3.44. The molecule has 0 fully saturated rings. The summed E-state index contributed by atoms with van der Waals surface area (Å²) in [7, 11) is -2.34. The van der Waals surface area contributed by atoms with Crippen LogP contribution in [-0.2, 0) is 23.4 Å². The fourth-order valence-corrected chi connectivity index (χ4v) is 4.46. The Kier molecular flexibility index (Phi) is 11.0. The lowest BCUT2D eigenvalue weighted by Crippen LogP contribution is -2.56. The number of benzene rings is 2. The zero-order valence-electron chi connectivity index (χ0n) is 26.4. The van der Waals surface area contributed by atoms with Crippen LogP contribution in [0.1, 0.15) is 72.7 Å². The summed E-state index contributed by atoms with van der Waals surface area (Å²) in [6.07, 6.45) is -2.03. The fraction of sp³-hybridized carbons (Fsp3) is 0.531. The van der Waals surface area contributed by atoms with E-state index in [-0.39, 0.29) is 11.6 Å². The van der Waals surface area contributed by atoms with E-state index in [1.807, 2.05) is 42.5 Å². The topological polar surface area (TPSA) is 100 Å². The predicted molar refractivity (Wildman–Crippen MR) is 163 cm³/mol. The highest BCUT2D eigenvalue weighted by Crippen LogP contribution is 2.37. The van der Waals surface area contributed by atoms with Gasteiger partial charge in [-0.1, -0.05) is 63.2 Å². The second-order valence-electron chi connectivity index (χ2n) is 13.6. The van der Waals surface area contributed by atoms with E-state index < -0.39 is 49.7 Å². The van der Waals surface area contributed by atoms with Gasteiger partial charge in [0.25, 0.3) is 0 Å². The molecule has 2 aromatic rings. The van der Waals surface area contributed by atoms with Gasteiger partial charge in [0.05, 0.1) is 12.2 Å². The number of carbonyl (C=O) groups is 3. The third-order valence-corrected chi connectivity index (χ3v) is 11.1. The quantitative estimate of drug-likeness (QED) is 0.190. The number of carbonyl (C=O) groups excluding carboxylic acids is 3. The SMILES string of the molecule is CC(C)(C)OC(=O)N[C@H](C(=O)OC(C)(C)C)[C@H](CO[Si](C)(C)C(C)(C)C)OC(=O)c1ccc(-c2ccccc2)cc1. The summed E-state index contributed by atoms with van der Waals surface area (Å²) in [5.74, 6) is -1.42. The maximum atomic E-state index is 13.4. The first-order valence-electron chi connectivity index (χ1n) is 13.9. The van der Waals surface area contributed by atoms with Crippen LogP contribution in [0.3, 0.4) is 0 Å². The third-order valence-electron chi connectivity index (χ3n) is 6.61. The van der Waals surface area contributed by atoms with Crippen molar-refractivity contribution in [3.8, 4) is 11.1 Å². The molecule has 0 aliphatic rings. The highest BCUT2D eigenvalue weighted by Gasteiger charge is 2.42. The molecule has 2 aromatic carbocycles. The van der Waals surface area contributed by atoms with E-state index in [9.17, 15) is 14.4 Å². The van der Waals surface area contributed by atoms with Crippen LogP contribution in [0.25, 0.3) is 11.1 Å². The Bertz CT molecular complexity index is 1170. The highest BCUT2D eigenvalue weighted by atomic mass is 28.4. The van der Waals surface area contributed by atoms with Gasteiger partial charge in [-0.2, -0.15) is 0 Å². The van der Waals surface area contributed by atoms with Gasteiger partial charge in [0, 0.05) is 0 Å². The Labute approximate surface area is 246 Å². The molecule has 9 heteroatoms. The Morgan fingerprint density at radius 3 is 1.76 bits per heavy atom. The number of ether oxygens (including phenoxy) is 3. The average molecular weight is 586 g/mol. The minimum Gasteiger partial charge on any atom is -0.458 e. The Balaban J connectivity index is 2.42. The van der Waals surface area contributed by atoms with Gasteiger partial charge in [0.1, 0.15) is 11.2 Å². The van der Waals surface area contributed by atoms with E-state index in [1.54, 1.807) is 53.7 Å². The summed E-state index contributed by atoms with van der Waals surface area (Å²) in [6, 6.07) is 15.4. The minimum absolute atomic E-state index is 0.121. The van der Waals surface area contributed by atoms with Gasteiger partial charge in [0.2, 0.25) is 0 Å². The first-order chi connectivity index (χ1) is 18.7. The van der Waals surface area contributed by atoms with E-state index in [0.29, 0.717) is 5.56 Å². The molecule has 0 aliphatic carbocycles. The van der Waals surface area contributed by atoms with Crippen molar-refractivity contribution in [2.75, 3.05) is 6.61 Å². The van der Waals surface area contributed by atoms with Crippen molar-refractivity contribution in [1.82, 2.24) is 5.32 Å². The van der Waals surface area contributed by atoms with Crippen molar-refractivity contribution in [3.05, 3.63) is 60.2 Å². The molecule has 1 N–H and O–H groups in total. The smallest absolute Gasteiger partial charge is 0.408 e. The maximum absolute atomic E-state index is 13.4. The van der Waals surface area contributed by atoms with Crippen LogP contribution in [0.4, 0.5) is 4.79 Å². The number of nitrogens with one attached hydrogen (secondary N) is 1. The van der Waals surface area contributed by atoms with Gasteiger partial charge in [-0.05, 0) is 82.9 Å². The van der Waals surface area contributed by atoms with Crippen LogP contribution in [-0.4, -0.2) is 56.3 Å². The molecule has 2 atom stereocenters. The van der Waals surface area contributed by atoms with Crippen LogP contribution in [0.2, 0.25) is 18.1 Å². The second-order valence-corrected chi connectivity index (χ2v) is 18.4. The zero-order valence-corrected chi connectivity index (χ0v) is 27.4. The number of amides is 1. The molecule has 0 radical (unpaired) electrons. The number of esters is 2. The van der Waals surface area contributed by atoms with Gasteiger partial charge >= 0.3 is 18.0 Å². The van der Waals surface area contributed by atoms with Crippen LogP contribution in [0, 0.1) is 0 Å². The van der Waals surface area contributed by atoms with Gasteiger partial charge in [0.15, 0.2) is 20.5 Å². The average Bonchev–Trinajstić information content (AvgIpc) is 2.83. The monoisotopic (exact) mass is 585 g/mol. The van der Waals surface area contributed by atoms with Gasteiger partial charge in [-0.3, -0.25) is 0 Å². The molecule has 1 amide bonds. The Morgan fingerprint density at radius 1 is 0.756 bits per heavy atom. The van der Waals surface area contributed by atoms with E-state index in [1.165, 1.54) is 0 Å². The van der Waals surface area contributed by atoms with Crippen LogP contribution < -0.4 is 5.32 Å². The highest BCUT2D eigenvalue weighted by molar-refractivity contribution is 6.74. The minimum atomic E-state index is -2.34. The maximum Gasteiger partial charge on any atom is 0.408 e. The first kappa shape index (κ1) is 34.0. The Hall–Kier alpha value is -3.17. The summed E-state index contributed by atoms with van der Waals surface area (Å²) in [6.45, 7) is 20.5. The molecule has 226 valence electrons. The molecule has 0 aliphatic heterocycles.